The molecule has 0 radical (unpaired) electrons. The van der Waals surface area contributed by atoms with Crippen molar-refractivity contribution in [1.29, 1.82) is 0 Å². The molecule has 0 fully saturated rings. The zero-order valence-electron chi connectivity index (χ0n) is 14.4. The Bertz CT molecular complexity index is 950. The van der Waals surface area contributed by atoms with Crippen molar-refractivity contribution in [1.82, 2.24) is 5.32 Å². The average molecular weight is 374 g/mol. The van der Waals surface area contributed by atoms with E-state index >= 15 is 0 Å². The number of hydrogen-bond donors (Lipinski definition) is 2. The van der Waals surface area contributed by atoms with E-state index in [1.54, 1.807) is 12.1 Å². The molecule has 0 aliphatic heterocycles. The van der Waals surface area contributed by atoms with E-state index in [-0.39, 0.29) is 5.75 Å². The number of aryl methyl sites for hydroxylation is 1. The highest BCUT2D eigenvalue weighted by Crippen LogP contribution is 2.26. The molecule has 3 rings (SSSR count). The van der Waals surface area contributed by atoms with Crippen LogP contribution in [0.25, 0.3) is 11.0 Å². The monoisotopic (exact) mass is 373 g/mol. The Morgan fingerprint density at radius 1 is 1.15 bits per heavy atom. The summed E-state index contributed by atoms with van der Waals surface area (Å²) in [5, 5.41) is 14.7. The molecule has 1 aromatic heterocycles. The molecule has 0 spiro atoms. The van der Waals surface area contributed by atoms with E-state index in [2.05, 4.69) is 5.32 Å². The lowest BCUT2D eigenvalue weighted by Crippen LogP contribution is -2.21. The fourth-order valence-electron chi connectivity index (χ4n) is 2.73. The Labute approximate surface area is 156 Å². The van der Waals surface area contributed by atoms with Crippen LogP contribution in [0.15, 0.2) is 51.7 Å². The second-order valence-corrected chi connectivity index (χ2v) is 6.34. The van der Waals surface area contributed by atoms with E-state index in [0.29, 0.717) is 36.7 Å². The topological polar surface area (TPSA) is 71.7 Å². The molecular weight excluding hydrogens is 354 g/mol. The molecule has 26 heavy (non-hydrogen) atoms. The van der Waals surface area contributed by atoms with Crippen molar-refractivity contribution in [2.45, 2.75) is 19.9 Å². The number of nitrogens with one attached hydrogen (secondary N) is 1. The van der Waals surface area contributed by atoms with E-state index in [9.17, 15) is 9.90 Å². The molecule has 3 aromatic rings. The summed E-state index contributed by atoms with van der Waals surface area (Å²) in [7, 11) is 0. The normalized spacial score (nSPS) is 11.0. The van der Waals surface area contributed by atoms with Gasteiger partial charge < -0.3 is 19.6 Å². The maximum atomic E-state index is 11.8. The number of fused-ring (bicyclic) bond motifs is 1. The van der Waals surface area contributed by atoms with Gasteiger partial charge in [0.1, 0.15) is 23.7 Å². The number of phenolic OH excluding ortho intramolecular Hbond substituents is 1. The second-order valence-electron chi connectivity index (χ2n) is 5.90. The van der Waals surface area contributed by atoms with Gasteiger partial charge in [0.25, 0.3) is 0 Å². The highest BCUT2D eigenvalue weighted by molar-refractivity contribution is 6.30. The first-order chi connectivity index (χ1) is 12.6. The highest BCUT2D eigenvalue weighted by atomic mass is 35.5. The van der Waals surface area contributed by atoms with Crippen LogP contribution >= 0.6 is 11.6 Å². The highest BCUT2D eigenvalue weighted by Gasteiger charge is 2.09. The van der Waals surface area contributed by atoms with E-state index in [4.69, 9.17) is 20.8 Å². The molecule has 0 saturated heterocycles. The lowest BCUT2D eigenvalue weighted by Gasteiger charge is -2.10. The summed E-state index contributed by atoms with van der Waals surface area (Å²) in [6.07, 6.45) is 0.697. The third kappa shape index (κ3) is 4.36. The van der Waals surface area contributed by atoms with Crippen molar-refractivity contribution in [2.75, 3.05) is 13.2 Å². The van der Waals surface area contributed by atoms with Crippen LogP contribution in [0.3, 0.4) is 0 Å². The van der Waals surface area contributed by atoms with Crippen LogP contribution < -0.4 is 15.7 Å². The van der Waals surface area contributed by atoms with Crippen LogP contribution in [0.5, 0.6) is 11.5 Å². The third-order valence-electron chi connectivity index (χ3n) is 4.09. The van der Waals surface area contributed by atoms with Gasteiger partial charge >= 0.3 is 5.63 Å². The van der Waals surface area contributed by atoms with E-state index in [1.165, 1.54) is 12.1 Å². The molecule has 0 saturated carbocycles. The van der Waals surface area contributed by atoms with Gasteiger partial charge in [0.15, 0.2) is 0 Å². The lowest BCUT2D eigenvalue weighted by atomic mass is 10.0. The largest absolute Gasteiger partial charge is 0.508 e. The molecule has 0 aliphatic carbocycles. The van der Waals surface area contributed by atoms with Gasteiger partial charge in [0.05, 0.1) is 0 Å². The molecule has 1 heterocycles. The number of halogens is 1. The fraction of sp³-hybridized carbons (Fsp3) is 0.250. The SMILES string of the molecule is CCc1cc2c(CNCCOc3ccc(Cl)cc3)cc(=O)oc2cc1O. The minimum absolute atomic E-state index is 0.143. The maximum absolute atomic E-state index is 11.8. The van der Waals surface area contributed by atoms with Gasteiger partial charge in [-0.25, -0.2) is 4.79 Å². The molecule has 5 nitrogen and oxygen atoms in total. The molecule has 0 unspecified atom stereocenters. The first kappa shape index (κ1) is 18.3. The minimum atomic E-state index is -0.435. The van der Waals surface area contributed by atoms with Crippen molar-refractivity contribution in [3.05, 3.63) is 69.0 Å². The second kappa shape index (κ2) is 8.25. The van der Waals surface area contributed by atoms with Crippen molar-refractivity contribution < 1.29 is 14.3 Å². The Morgan fingerprint density at radius 2 is 1.92 bits per heavy atom. The summed E-state index contributed by atoms with van der Waals surface area (Å²) in [6.45, 7) is 3.57. The van der Waals surface area contributed by atoms with Gasteiger partial charge in [0, 0.05) is 35.6 Å². The first-order valence-electron chi connectivity index (χ1n) is 8.44. The van der Waals surface area contributed by atoms with Crippen molar-refractivity contribution >= 4 is 22.6 Å². The molecule has 2 aromatic carbocycles. The van der Waals surface area contributed by atoms with Crippen molar-refractivity contribution in [2.24, 2.45) is 0 Å². The molecular formula is C20H20ClNO4. The summed E-state index contributed by atoms with van der Waals surface area (Å²) < 4.78 is 10.8. The van der Waals surface area contributed by atoms with E-state index in [1.807, 2.05) is 25.1 Å². The number of rotatable bonds is 7. The predicted octanol–water partition coefficient (Wildman–Crippen LogP) is 3.88. The summed E-state index contributed by atoms with van der Waals surface area (Å²) in [6, 6.07) is 12.0. The Kier molecular flexibility index (Phi) is 5.81. The van der Waals surface area contributed by atoms with Crippen LogP contribution in [0.1, 0.15) is 18.1 Å². The van der Waals surface area contributed by atoms with Gasteiger partial charge in [-0.15, -0.1) is 0 Å². The molecule has 0 aliphatic rings. The number of aromatic hydroxyl groups is 1. The summed E-state index contributed by atoms with van der Waals surface area (Å²) in [4.78, 5) is 11.8. The molecule has 0 bridgehead atoms. The number of ether oxygens (including phenoxy) is 1. The van der Waals surface area contributed by atoms with Crippen LogP contribution in [-0.2, 0) is 13.0 Å². The molecule has 136 valence electrons. The molecule has 0 amide bonds. The fourth-order valence-corrected chi connectivity index (χ4v) is 2.86. The first-order valence-corrected chi connectivity index (χ1v) is 8.82. The van der Waals surface area contributed by atoms with Gasteiger partial charge in [-0.05, 0) is 47.9 Å². The Morgan fingerprint density at radius 3 is 2.65 bits per heavy atom. The van der Waals surface area contributed by atoms with E-state index in [0.717, 1.165) is 22.3 Å². The van der Waals surface area contributed by atoms with Gasteiger partial charge in [-0.3, -0.25) is 0 Å². The number of hydrogen-bond acceptors (Lipinski definition) is 5. The quantitative estimate of drug-likeness (QED) is 0.485. The van der Waals surface area contributed by atoms with Gasteiger partial charge in [-0.2, -0.15) is 0 Å². The van der Waals surface area contributed by atoms with E-state index < -0.39 is 5.63 Å². The van der Waals surface area contributed by atoms with Gasteiger partial charge in [-0.1, -0.05) is 18.5 Å². The van der Waals surface area contributed by atoms with Crippen LogP contribution in [0.4, 0.5) is 0 Å². The molecule has 6 heteroatoms. The smallest absolute Gasteiger partial charge is 0.336 e. The molecule has 2 N–H and O–H groups in total. The number of phenols is 1. The zero-order chi connectivity index (χ0) is 18.5. The Hall–Kier alpha value is -2.50. The van der Waals surface area contributed by atoms with Crippen molar-refractivity contribution in [3.63, 3.8) is 0 Å². The van der Waals surface area contributed by atoms with Crippen molar-refractivity contribution in [3.8, 4) is 11.5 Å². The van der Waals surface area contributed by atoms with Crippen LogP contribution in [0.2, 0.25) is 5.02 Å². The summed E-state index contributed by atoms with van der Waals surface area (Å²) >= 11 is 5.84. The predicted molar refractivity (Wildman–Crippen MR) is 102 cm³/mol. The average Bonchev–Trinajstić information content (AvgIpc) is 2.62. The Balaban J connectivity index is 1.64. The maximum Gasteiger partial charge on any atom is 0.336 e. The number of benzene rings is 2. The lowest BCUT2D eigenvalue weighted by molar-refractivity contribution is 0.313. The van der Waals surface area contributed by atoms with Crippen LogP contribution in [-0.4, -0.2) is 18.3 Å². The summed E-state index contributed by atoms with van der Waals surface area (Å²) in [5.74, 6) is 0.898. The standard InChI is InChI=1S/C20H20ClNO4/c1-2-13-9-17-14(10-20(24)26-19(17)11-18(13)23)12-22-7-8-25-16-5-3-15(21)4-6-16/h3-6,9-11,22-23H,2,7-8,12H2,1H3. The van der Waals surface area contributed by atoms with Crippen LogP contribution in [0, 0.1) is 0 Å². The minimum Gasteiger partial charge on any atom is -0.508 e. The zero-order valence-corrected chi connectivity index (χ0v) is 15.2. The molecule has 0 atom stereocenters. The summed E-state index contributed by atoms with van der Waals surface area (Å²) in [5.41, 5.74) is 1.60. The van der Waals surface area contributed by atoms with Gasteiger partial charge in [0.2, 0.25) is 0 Å². The third-order valence-corrected chi connectivity index (χ3v) is 4.34.